The van der Waals surface area contributed by atoms with Crippen molar-refractivity contribution in [1.82, 2.24) is 9.80 Å². The van der Waals surface area contributed by atoms with E-state index in [4.69, 9.17) is 5.73 Å². The van der Waals surface area contributed by atoms with Gasteiger partial charge >= 0.3 is 0 Å². The second-order valence-electron chi connectivity index (χ2n) is 4.78. The summed E-state index contributed by atoms with van der Waals surface area (Å²) in [6.07, 6.45) is 1.85. The quantitative estimate of drug-likeness (QED) is 0.683. The molecule has 0 unspecified atom stereocenters. The van der Waals surface area contributed by atoms with Crippen LogP contribution in [0, 0.1) is 5.41 Å². The Morgan fingerprint density at radius 2 is 1.62 bits per heavy atom. The lowest BCUT2D eigenvalue weighted by atomic mass is 10.1. The number of amides is 2. The largest absolute Gasteiger partial charge is 0.339 e. The molecule has 2 amide bonds. The van der Waals surface area contributed by atoms with Crippen LogP contribution in [0.3, 0.4) is 0 Å². The first-order chi connectivity index (χ1) is 7.59. The maximum absolute atomic E-state index is 12.1. The van der Waals surface area contributed by atoms with Crippen LogP contribution < -0.4 is 5.73 Å². The number of piperazine rings is 1. The fraction of sp³-hybridized carbons (Fsp3) is 0.818. The van der Waals surface area contributed by atoms with Crippen molar-refractivity contribution in [2.45, 2.75) is 19.8 Å². The molecule has 0 aromatic heterocycles. The molecule has 90 valence electrons. The molecule has 0 spiro atoms. The smallest absolute Gasteiger partial charge is 0.230 e. The SMILES string of the molecule is CC(=O)N1CCN(C(=O)C2(CN)CC2)CC1. The highest BCUT2D eigenvalue weighted by molar-refractivity contribution is 5.86. The topological polar surface area (TPSA) is 66.6 Å². The molecule has 1 aliphatic heterocycles. The van der Waals surface area contributed by atoms with Gasteiger partial charge in [0.05, 0.1) is 5.41 Å². The van der Waals surface area contributed by atoms with Gasteiger partial charge in [-0.3, -0.25) is 9.59 Å². The minimum Gasteiger partial charge on any atom is -0.339 e. The lowest BCUT2D eigenvalue weighted by Crippen LogP contribution is -2.52. The Balaban J connectivity index is 1.89. The van der Waals surface area contributed by atoms with Gasteiger partial charge in [-0.25, -0.2) is 0 Å². The van der Waals surface area contributed by atoms with Crippen molar-refractivity contribution >= 4 is 11.8 Å². The van der Waals surface area contributed by atoms with Gasteiger partial charge in [-0.2, -0.15) is 0 Å². The molecular weight excluding hydrogens is 206 g/mol. The van der Waals surface area contributed by atoms with Gasteiger partial charge in [0.25, 0.3) is 0 Å². The number of nitrogens with zero attached hydrogens (tertiary/aromatic N) is 2. The van der Waals surface area contributed by atoms with Gasteiger partial charge < -0.3 is 15.5 Å². The highest BCUT2D eigenvalue weighted by atomic mass is 16.2. The zero-order valence-electron chi connectivity index (χ0n) is 9.74. The molecule has 2 aliphatic rings. The molecule has 0 atom stereocenters. The second-order valence-corrected chi connectivity index (χ2v) is 4.78. The van der Waals surface area contributed by atoms with E-state index in [0.29, 0.717) is 32.7 Å². The third-order valence-corrected chi connectivity index (χ3v) is 3.71. The van der Waals surface area contributed by atoms with Crippen LogP contribution in [0.25, 0.3) is 0 Å². The van der Waals surface area contributed by atoms with E-state index in [0.717, 1.165) is 12.8 Å². The molecule has 2 fully saturated rings. The van der Waals surface area contributed by atoms with Crippen LogP contribution in [0.2, 0.25) is 0 Å². The first kappa shape index (κ1) is 11.4. The third kappa shape index (κ3) is 1.91. The third-order valence-electron chi connectivity index (χ3n) is 3.71. The number of carbonyl (C=O) groups excluding carboxylic acids is 2. The molecule has 1 saturated carbocycles. The van der Waals surface area contributed by atoms with E-state index < -0.39 is 0 Å². The Morgan fingerprint density at radius 3 is 2.00 bits per heavy atom. The maximum Gasteiger partial charge on any atom is 0.230 e. The van der Waals surface area contributed by atoms with Crippen molar-refractivity contribution < 1.29 is 9.59 Å². The number of nitrogens with two attached hydrogens (primary N) is 1. The van der Waals surface area contributed by atoms with E-state index in [1.54, 1.807) is 11.8 Å². The van der Waals surface area contributed by atoms with Crippen LogP contribution in [0.15, 0.2) is 0 Å². The molecular formula is C11H19N3O2. The summed E-state index contributed by atoms with van der Waals surface area (Å²) in [6, 6.07) is 0. The van der Waals surface area contributed by atoms with E-state index >= 15 is 0 Å². The van der Waals surface area contributed by atoms with Gasteiger partial charge in [0.15, 0.2) is 0 Å². The number of hydrogen-bond donors (Lipinski definition) is 1. The summed E-state index contributed by atoms with van der Waals surface area (Å²) in [4.78, 5) is 26.9. The van der Waals surface area contributed by atoms with Gasteiger partial charge in [0.1, 0.15) is 0 Å². The fourth-order valence-electron chi connectivity index (χ4n) is 2.22. The molecule has 1 heterocycles. The summed E-state index contributed by atoms with van der Waals surface area (Å²) in [7, 11) is 0. The molecule has 0 radical (unpaired) electrons. The van der Waals surface area contributed by atoms with Gasteiger partial charge in [0.2, 0.25) is 11.8 Å². The monoisotopic (exact) mass is 225 g/mol. The molecule has 0 aromatic carbocycles. The van der Waals surface area contributed by atoms with E-state index in [1.807, 2.05) is 4.90 Å². The zero-order chi connectivity index (χ0) is 11.8. The van der Waals surface area contributed by atoms with Crippen LogP contribution >= 0.6 is 0 Å². The van der Waals surface area contributed by atoms with E-state index in [2.05, 4.69) is 0 Å². The summed E-state index contributed by atoms with van der Waals surface area (Å²) in [5, 5.41) is 0. The predicted octanol–water partition coefficient (Wildman–Crippen LogP) is -0.584. The standard InChI is InChI=1S/C11H19N3O2/c1-9(15)13-4-6-14(7-5-13)10(16)11(8-12)2-3-11/h2-8,12H2,1H3. The van der Waals surface area contributed by atoms with Crippen molar-refractivity contribution in [3.8, 4) is 0 Å². The summed E-state index contributed by atoms with van der Waals surface area (Å²) in [5.41, 5.74) is 5.39. The maximum atomic E-state index is 12.1. The van der Waals surface area contributed by atoms with Crippen molar-refractivity contribution in [2.75, 3.05) is 32.7 Å². The molecule has 1 saturated heterocycles. The summed E-state index contributed by atoms with van der Waals surface area (Å²) >= 11 is 0. The molecule has 1 aliphatic carbocycles. The van der Waals surface area contributed by atoms with E-state index in [9.17, 15) is 9.59 Å². The first-order valence-corrected chi connectivity index (χ1v) is 5.84. The lowest BCUT2D eigenvalue weighted by molar-refractivity contribution is -0.142. The van der Waals surface area contributed by atoms with Crippen LogP contribution in [0.5, 0.6) is 0 Å². The summed E-state index contributed by atoms with van der Waals surface area (Å²) in [6.45, 7) is 4.64. The Bertz CT molecular complexity index is 304. The molecule has 2 rings (SSSR count). The molecule has 0 bridgehead atoms. The Kier molecular flexibility index (Phi) is 2.88. The fourth-order valence-corrected chi connectivity index (χ4v) is 2.22. The molecule has 5 heteroatoms. The van der Waals surface area contributed by atoms with Crippen molar-refractivity contribution in [3.05, 3.63) is 0 Å². The number of rotatable bonds is 2. The molecule has 5 nitrogen and oxygen atoms in total. The number of hydrogen-bond acceptors (Lipinski definition) is 3. The van der Waals surface area contributed by atoms with Gasteiger partial charge in [-0.15, -0.1) is 0 Å². The minimum atomic E-state index is -0.252. The highest BCUT2D eigenvalue weighted by Gasteiger charge is 2.50. The van der Waals surface area contributed by atoms with Crippen molar-refractivity contribution in [3.63, 3.8) is 0 Å². The van der Waals surface area contributed by atoms with Crippen LogP contribution in [0.1, 0.15) is 19.8 Å². The minimum absolute atomic E-state index is 0.0899. The molecule has 0 aromatic rings. The lowest BCUT2D eigenvalue weighted by Gasteiger charge is -2.36. The van der Waals surface area contributed by atoms with Crippen LogP contribution in [-0.4, -0.2) is 54.3 Å². The normalized spacial score (nSPS) is 23.1. The van der Waals surface area contributed by atoms with E-state index in [1.165, 1.54) is 0 Å². The van der Waals surface area contributed by atoms with Crippen molar-refractivity contribution in [1.29, 1.82) is 0 Å². The van der Waals surface area contributed by atoms with Crippen LogP contribution in [-0.2, 0) is 9.59 Å². The summed E-state index contributed by atoms with van der Waals surface area (Å²) < 4.78 is 0. The van der Waals surface area contributed by atoms with Crippen molar-refractivity contribution in [2.24, 2.45) is 11.1 Å². The zero-order valence-corrected chi connectivity index (χ0v) is 9.74. The molecule has 16 heavy (non-hydrogen) atoms. The Morgan fingerprint density at radius 1 is 1.12 bits per heavy atom. The van der Waals surface area contributed by atoms with Crippen LogP contribution in [0.4, 0.5) is 0 Å². The second kappa shape index (κ2) is 4.05. The average Bonchev–Trinajstić information content (AvgIpc) is 3.09. The predicted molar refractivity (Wildman–Crippen MR) is 59.6 cm³/mol. The highest BCUT2D eigenvalue weighted by Crippen LogP contribution is 2.46. The number of carbonyl (C=O) groups is 2. The summed E-state index contributed by atoms with van der Waals surface area (Å²) in [5.74, 6) is 0.283. The Labute approximate surface area is 95.6 Å². The Hall–Kier alpha value is -1.10. The first-order valence-electron chi connectivity index (χ1n) is 5.84. The average molecular weight is 225 g/mol. The van der Waals surface area contributed by atoms with Gasteiger partial charge in [0, 0.05) is 39.6 Å². The molecule has 2 N–H and O–H groups in total. The van der Waals surface area contributed by atoms with Gasteiger partial charge in [-0.1, -0.05) is 0 Å². The van der Waals surface area contributed by atoms with E-state index in [-0.39, 0.29) is 17.2 Å². The van der Waals surface area contributed by atoms with Gasteiger partial charge in [-0.05, 0) is 12.8 Å².